The maximum atomic E-state index is 13.1. The molecule has 2 aromatic carbocycles. The van der Waals surface area contributed by atoms with Gasteiger partial charge in [-0.3, -0.25) is 14.4 Å². The topological polar surface area (TPSA) is 78.5 Å². The summed E-state index contributed by atoms with van der Waals surface area (Å²) in [5.74, 6) is -1.39. The third kappa shape index (κ3) is 5.19. The zero-order valence-electron chi connectivity index (χ0n) is 16.7. The Morgan fingerprint density at radius 3 is 2.58 bits per heavy atom. The molecule has 164 valence electrons. The molecule has 0 fully saturated rings. The molecule has 0 aromatic heterocycles. The van der Waals surface area contributed by atoms with Crippen molar-refractivity contribution in [2.75, 3.05) is 23.7 Å². The van der Waals surface area contributed by atoms with Crippen molar-refractivity contribution in [3.05, 3.63) is 53.6 Å². The molecule has 1 aliphatic heterocycles. The zero-order chi connectivity index (χ0) is 22.8. The van der Waals surface area contributed by atoms with E-state index in [1.807, 2.05) is 0 Å². The zero-order valence-corrected chi connectivity index (χ0v) is 17.6. The molecule has 0 bridgehead atoms. The molecule has 6 nitrogen and oxygen atoms in total. The summed E-state index contributed by atoms with van der Waals surface area (Å²) in [6.07, 6.45) is -4.62. The number of nitrogens with zero attached hydrogens (tertiary/aromatic N) is 1. The Hall–Kier alpha value is -3.01. The molecule has 3 amide bonds. The number of carbonyl (C=O) groups excluding carboxylic acids is 3. The number of fused-ring (bicyclic) bond motifs is 1. The first-order valence-corrected chi connectivity index (χ1v) is 10.3. The molecule has 0 saturated carbocycles. The Balaban J connectivity index is 1.73. The standard InChI is InChI=1S/C21H20F3N3O3S/c1-3-27(11-18(28)25-15-7-5-4-6-14(15)21(22,23)24)20(30)13-8-9-17-16(10-13)26-19(29)12(2)31-17/h4-10,12H,3,11H2,1-2H3,(H,25,28)(H,26,29). The molecule has 1 atom stereocenters. The van der Waals surface area contributed by atoms with Gasteiger partial charge in [-0.15, -0.1) is 11.8 Å². The Morgan fingerprint density at radius 1 is 1.19 bits per heavy atom. The first-order valence-electron chi connectivity index (χ1n) is 9.47. The van der Waals surface area contributed by atoms with E-state index in [2.05, 4.69) is 10.6 Å². The number of hydrogen-bond donors (Lipinski definition) is 2. The lowest BCUT2D eigenvalue weighted by Gasteiger charge is -2.24. The molecule has 31 heavy (non-hydrogen) atoms. The molecule has 2 N–H and O–H groups in total. The number of thioether (sulfide) groups is 1. The van der Waals surface area contributed by atoms with Gasteiger partial charge in [0.1, 0.15) is 6.54 Å². The summed E-state index contributed by atoms with van der Waals surface area (Å²) in [4.78, 5) is 39.2. The van der Waals surface area contributed by atoms with Crippen molar-refractivity contribution in [3.8, 4) is 0 Å². The van der Waals surface area contributed by atoms with E-state index < -0.39 is 30.1 Å². The number of benzene rings is 2. The summed E-state index contributed by atoms with van der Waals surface area (Å²) in [6, 6.07) is 9.49. The van der Waals surface area contributed by atoms with Crippen LogP contribution in [0.15, 0.2) is 47.4 Å². The highest BCUT2D eigenvalue weighted by Crippen LogP contribution is 2.36. The number of likely N-dealkylation sites (N-methyl/N-ethyl adjacent to an activating group) is 1. The minimum absolute atomic E-state index is 0.169. The van der Waals surface area contributed by atoms with Crippen molar-refractivity contribution in [1.29, 1.82) is 0 Å². The smallest absolute Gasteiger partial charge is 0.330 e. The lowest BCUT2D eigenvalue weighted by molar-refractivity contribution is -0.137. The number of rotatable bonds is 5. The van der Waals surface area contributed by atoms with Gasteiger partial charge in [0.15, 0.2) is 0 Å². The summed E-state index contributed by atoms with van der Waals surface area (Å²) in [7, 11) is 0. The fourth-order valence-corrected chi connectivity index (χ4v) is 3.98. The van der Waals surface area contributed by atoms with Gasteiger partial charge in [0.25, 0.3) is 5.91 Å². The van der Waals surface area contributed by atoms with Crippen LogP contribution in [0.1, 0.15) is 29.8 Å². The predicted octanol–water partition coefficient (Wildman–Crippen LogP) is 4.24. The van der Waals surface area contributed by atoms with E-state index in [-0.39, 0.29) is 29.0 Å². The normalized spacial score (nSPS) is 15.6. The van der Waals surface area contributed by atoms with Crippen LogP contribution in [0.4, 0.5) is 24.5 Å². The van der Waals surface area contributed by atoms with Gasteiger partial charge in [-0.1, -0.05) is 12.1 Å². The molecule has 3 rings (SSSR count). The molecule has 0 aliphatic carbocycles. The fraction of sp³-hybridized carbons (Fsp3) is 0.286. The second-order valence-electron chi connectivity index (χ2n) is 6.87. The van der Waals surface area contributed by atoms with Crippen LogP contribution in [-0.2, 0) is 15.8 Å². The summed E-state index contributed by atoms with van der Waals surface area (Å²) < 4.78 is 39.4. The molecular formula is C21H20F3N3O3S. The molecule has 0 radical (unpaired) electrons. The number of amides is 3. The van der Waals surface area contributed by atoms with E-state index in [0.717, 1.165) is 17.0 Å². The van der Waals surface area contributed by atoms with Crippen LogP contribution >= 0.6 is 11.8 Å². The number of carbonyl (C=O) groups is 3. The molecule has 0 saturated heterocycles. The van der Waals surface area contributed by atoms with E-state index in [0.29, 0.717) is 5.69 Å². The lowest BCUT2D eigenvalue weighted by Crippen LogP contribution is -2.38. The van der Waals surface area contributed by atoms with Crippen LogP contribution in [-0.4, -0.2) is 41.0 Å². The summed E-state index contributed by atoms with van der Waals surface area (Å²) in [5, 5.41) is 4.73. The average molecular weight is 451 g/mol. The Morgan fingerprint density at radius 2 is 1.90 bits per heavy atom. The van der Waals surface area contributed by atoms with Crippen LogP contribution in [0.5, 0.6) is 0 Å². The molecule has 1 aliphatic rings. The van der Waals surface area contributed by atoms with Gasteiger partial charge in [0.05, 0.1) is 22.2 Å². The molecule has 1 unspecified atom stereocenters. The molecule has 1 heterocycles. The van der Waals surface area contributed by atoms with Gasteiger partial charge < -0.3 is 15.5 Å². The van der Waals surface area contributed by atoms with Crippen LogP contribution < -0.4 is 10.6 Å². The number of nitrogens with one attached hydrogen (secondary N) is 2. The highest BCUT2D eigenvalue weighted by atomic mass is 32.2. The number of halogens is 3. The first kappa shape index (κ1) is 22.7. The van der Waals surface area contributed by atoms with Gasteiger partial charge in [0, 0.05) is 17.0 Å². The summed E-state index contributed by atoms with van der Waals surface area (Å²) in [5.41, 5.74) is -0.556. The predicted molar refractivity (Wildman–Crippen MR) is 112 cm³/mol. The first-order chi connectivity index (χ1) is 14.6. The van der Waals surface area contributed by atoms with Crippen molar-refractivity contribution in [2.24, 2.45) is 0 Å². The molecule has 0 spiro atoms. The monoisotopic (exact) mass is 451 g/mol. The van der Waals surface area contributed by atoms with Crippen molar-refractivity contribution >= 4 is 40.9 Å². The van der Waals surface area contributed by atoms with Crippen molar-refractivity contribution in [1.82, 2.24) is 4.90 Å². The van der Waals surface area contributed by atoms with Gasteiger partial charge >= 0.3 is 6.18 Å². The van der Waals surface area contributed by atoms with Crippen molar-refractivity contribution in [3.63, 3.8) is 0 Å². The second-order valence-corrected chi connectivity index (χ2v) is 8.25. The summed E-state index contributed by atoms with van der Waals surface area (Å²) >= 11 is 1.38. The Kier molecular flexibility index (Phi) is 6.59. The Bertz CT molecular complexity index is 1030. The lowest BCUT2D eigenvalue weighted by atomic mass is 10.1. The van der Waals surface area contributed by atoms with Gasteiger partial charge in [-0.05, 0) is 44.2 Å². The fourth-order valence-electron chi connectivity index (χ4n) is 3.05. The quantitative estimate of drug-likeness (QED) is 0.713. The second kappa shape index (κ2) is 9.01. The number of hydrogen-bond acceptors (Lipinski definition) is 4. The van der Waals surface area contributed by atoms with Crippen molar-refractivity contribution in [2.45, 2.75) is 30.2 Å². The van der Waals surface area contributed by atoms with E-state index in [4.69, 9.17) is 0 Å². The van der Waals surface area contributed by atoms with E-state index >= 15 is 0 Å². The van der Waals surface area contributed by atoms with E-state index in [1.165, 1.54) is 34.9 Å². The number of para-hydroxylation sites is 1. The van der Waals surface area contributed by atoms with Crippen LogP contribution in [0.2, 0.25) is 0 Å². The maximum Gasteiger partial charge on any atom is 0.418 e. The highest BCUT2D eigenvalue weighted by Gasteiger charge is 2.33. The minimum atomic E-state index is -4.62. The third-order valence-corrected chi connectivity index (χ3v) is 5.84. The SMILES string of the molecule is CCN(CC(=O)Nc1ccccc1C(F)(F)F)C(=O)c1ccc2c(c1)NC(=O)C(C)S2. The van der Waals surface area contributed by atoms with Gasteiger partial charge in [-0.2, -0.15) is 13.2 Å². The number of anilines is 2. The van der Waals surface area contributed by atoms with Crippen molar-refractivity contribution < 1.29 is 27.6 Å². The number of alkyl halides is 3. The van der Waals surface area contributed by atoms with Crippen LogP contribution in [0, 0.1) is 0 Å². The van der Waals surface area contributed by atoms with Gasteiger partial charge in [-0.25, -0.2) is 0 Å². The average Bonchev–Trinajstić information content (AvgIpc) is 2.71. The molecular weight excluding hydrogens is 431 g/mol. The van der Waals surface area contributed by atoms with Crippen LogP contribution in [0.25, 0.3) is 0 Å². The van der Waals surface area contributed by atoms with E-state index in [1.54, 1.807) is 26.0 Å². The summed E-state index contributed by atoms with van der Waals surface area (Å²) in [6.45, 7) is 3.18. The van der Waals surface area contributed by atoms with E-state index in [9.17, 15) is 27.6 Å². The molecule has 2 aromatic rings. The minimum Gasteiger partial charge on any atom is -0.330 e. The largest absolute Gasteiger partial charge is 0.418 e. The highest BCUT2D eigenvalue weighted by molar-refractivity contribution is 8.00. The van der Waals surface area contributed by atoms with Crippen LogP contribution in [0.3, 0.4) is 0 Å². The molecule has 10 heteroatoms. The Labute approximate surface area is 181 Å². The third-order valence-electron chi connectivity index (χ3n) is 4.67. The van der Waals surface area contributed by atoms with Gasteiger partial charge in [0.2, 0.25) is 11.8 Å². The maximum absolute atomic E-state index is 13.1.